The van der Waals surface area contributed by atoms with Gasteiger partial charge in [0.25, 0.3) is 0 Å². The SMILES string of the molecule is COC(=O)C(CC1CC2C=CC1C2)C(=O)OC. The molecule has 0 aromatic heterocycles. The molecule has 0 spiro atoms. The fourth-order valence-electron chi connectivity index (χ4n) is 3.04. The molecule has 2 aliphatic rings. The molecule has 0 aromatic carbocycles. The third kappa shape index (κ3) is 2.35. The van der Waals surface area contributed by atoms with Crippen LogP contribution in [-0.4, -0.2) is 26.2 Å². The zero-order valence-corrected chi connectivity index (χ0v) is 10.2. The minimum absolute atomic E-state index is 0.410. The highest BCUT2D eigenvalue weighted by Gasteiger charge is 2.40. The number of allylic oxidation sites excluding steroid dienone is 2. The molecule has 0 amide bonds. The first kappa shape index (κ1) is 12.1. The van der Waals surface area contributed by atoms with Crippen molar-refractivity contribution in [1.82, 2.24) is 0 Å². The molecule has 0 N–H and O–H groups in total. The van der Waals surface area contributed by atoms with Crippen LogP contribution in [0.1, 0.15) is 19.3 Å². The maximum atomic E-state index is 11.6. The number of fused-ring (bicyclic) bond motifs is 2. The Labute approximate surface area is 101 Å². The van der Waals surface area contributed by atoms with Gasteiger partial charge in [-0.25, -0.2) is 0 Å². The van der Waals surface area contributed by atoms with Crippen molar-refractivity contribution in [2.45, 2.75) is 19.3 Å². The summed E-state index contributed by atoms with van der Waals surface area (Å²) in [6, 6.07) is 0. The first-order valence-corrected chi connectivity index (χ1v) is 5.99. The third-order valence-electron chi connectivity index (χ3n) is 3.93. The van der Waals surface area contributed by atoms with Gasteiger partial charge in [-0.3, -0.25) is 9.59 Å². The van der Waals surface area contributed by atoms with Crippen molar-refractivity contribution < 1.29 is 19.1 Å². The monoisotopic (exact) mass is 238 g/mol. The predicted molar refractivity (Wildman–Crippen MR) is 61.0 cm³/mol. The summed E-state index contributed by atoms with van der Waals surface area (Å²) >= 11 is 0. The van der Waals surface area contributed by atoms with E-state index in [0.29, 0.717) is 24.2 Å². The summed E-state index contributed by atoms with van der Waals surface area (Å²) < 4.78 is 9.34. The molecule has 0 saturated heterocycles. The van der Waals surface area contributed by atoms with E-state index in [1.165, 1.54) is 20.6 Å². The van der Waals surface area contributed by atoms with E-state index in [-0.39, 0.29) is 0 Å². The third-order valence-corrected chi connectivity index (χ3v) is 3.93. The molecule has 0 radical (unpaired) electrons. The Morgan fingerprint density at radius 3 is 2.24 bits per heavy atom. The average molecular weight is 238 g/mol. The summed E-state index contributed by atoms with van der Waals surface area (Å²) in [5, 5.41) is 0. The number of ether oxygens (including phenoxy) is 2. The maximum absolute atomic E-state index is 11.6. The number of esters is 2. The van der Waals surface area contributed by atoms with Crippen LogP contribution in [0.5, 0.6) is 0 Å². The van der Waals surface area contributed by atoms with E-state index in [2.05, 4.69) is 21.6 Å². The number of methoxy groups -OCH3 is 2. The lowest BCUT2D eigenvalue weighted by Gasteiger charge is -2.21. The van der Waals surface area contributed by atoms with Gasteiger partial charge < -0.3 is 9.47 Å². The molecule has 3 unspecified atom stereocenters. The molecule has 1 saturated carbocycles. The molecule has 4 heteroatoms. The van der Waals surface area contributed by atoms with Crippen LogP contribution in [0.25, 0.3) is 0 Å². The molecule has 17 heavy (non-hydrogen) atoms. The lowest BCUT2D eigenvalue weighted by Crippen LogP contribution is -2.29. The fourth-order valence-corrected chi connectivity index (χ4v) is 3.04. The van der Waals surface area contributed by atoms with Gasteiger partial charge in [0.05, 0.1) is 14.2 Å². The minimum Gasteiger partial charge on any atom is -0.468 e. The summed E-state index contributed by atoms with van der Waals surface area (Å²) in [5.74, 6) is -0.152. The van der Waals surface area contributed by atoms with E-state index in [1.54, 1.807) is 0 Å². The van der Waals surface area contributed by atoms with E-state index in [1.807, 2.05) is 0 Å². The highest BCUT2D eigenvalue weighted by Crippen LogP contribution is 2.46. The Morgan fingerprint density at radius 2 is 1.82 bits per heavy atom. The number of rotatable bonds is 4. The van der Waals surface area contributed by atoms with Crippen LogP contribution in [-0.2, 0) is 19.1 Å². The average Bonchev–Trinajstić information content (AvgIpc) is 2.96. The molecule has 2 aliphatic carbocycles. The summed E-state index contributed by atoms with van der Waals surface area (Å²) in [5.41, 5.74) is 0. The van der Waals surface area contributed by atoms with Gasteiger partial charge in [-0.1, -0.05) is 12.2 Å². The Hall–Kier alpha value is -1.32. The highest BCUT2D eigenvalue weighted by atomic mass is 16.5. The molecule has 94 valence electrons. The van der Waals surface area contributed by atoms with Gasteiger partial charge >= 0.3 is 11.9 Å². The van der Waals surface area contributed by atoms with Crippen LogP contribution >= 0.6 is 0 Å². The van der Waals surface area contributed by atoms with Crippen LogP contribution in [0, 0.1) is 23.7 Å². The van der Waals surface area contributed by atoms with E-state index in [9.17, 15) is 9.59 Å². The second-order valence-electron chi connectivity index (χ2n) is 4.87. The van der Waals surface area contributed by atoms with E-state index in [0.717, 1.165) is 6.42 Å². The van der Waals surface area contributed by atoms with Crippen LogP contribution in [0.4, 0.5) is 0 Å². The first-order chi connectivity index (χ1) is 8.15. The topological polar surface area (TPSA) is 52.6 Å². The zero-order valence-electron chi connectivity index (χ0n) is 10.2. The highest BCUT2D eigenvalue weighted by molar-refractivity contribution is 5.94. The molecule has 3 atom stereocenters. The molecule has 0 aromatic rings. The molecular formula is C13H18O4. The molecule has 2 bridgehead atoms. The molecule has 0 aliphatic heterocycles. The van der Waals surface area contributed by atoms with Crippen molar-refractivity contribution in [3.05, 3.63) is 12.2 Å². The standard InChI is InChI=1S/C13H18O4/c1-16-12(14)11(13(15)17-2)7-10-6-8-3-4-9(10)5-8/h3-4,8-11H,5-7H2,1-2H3. The van der Waals surface area contributed by atoms with Crippen LogP contribution in [0.3, 0.4) is 0 Å². The van der Waals surface area contributed by atoms with E-state index in [4.69, 9.17) is 0 Å². The predicted octanol–water partition coefficient (Wildman–Crippen LogP) is 1.55. The molecule has 2 rings (SSSR count). The van der Waals surface area contributed by atoms with Crippen LogP contribution in [0.15, 0.2) is 12.2 Å². The van der Waals surface area contributed by atoms with Crippen LogP contribution in [0.2, 0.25) is 0 Å². The summed E-state index contributed by atoms with van der Waals surface area (Å²) in [6.07, 6.45) is 7.24. The fraction of sp³-hybridized carbons (Fsp3) is 0.692. The van der Waals surface area contributed by atoms with Crippen molar-refractivity contribution in [2.75, 3.05) is 14.2 Å². The summed E-state index contributed by atoms with van der Waals surface area (Å²) in [7, 11) is 2.61. The van der Waals surface area contributed by atoms with E-state index >= 15 is 0 Å². The molecule has 0 heterocycles. The lowest BCUT2D eigenvalue weighted by molar-refractivity contribution is -0.159. The Balaban J connectivity index is 2.00. The Bertz CT molecular complexity index is 331. The quantitative estimate of drug-likeness (QED) is 0.423. The number of carbonyl (C=O) groups is 2. The van der Waals surface area contributed by atoms with Crippen LogP contribution < -0.4 is 0 Å². The second-order valence-corrected chi connectivity index (χ2v) is 4.87. The Morgan fingerprint density at radius 1 is 1.18 bits per heavy atom. The first-order valence-electron chi connectivity index (χ1n) is 5.99. The normalized spacial score (nSPS) is 29.7. The second kappa shape index (κ2) is 4.90. The van der Waals surface area contributed by atoms with E-state index < -0.39 is 17.9 Å². The number of hydrogen-bond donors (Lipinski definition) is 0. The van der Waals surface area contributed by atoms with Gasteiger partial charge in [0.2, 0.25) is 0 Å². The largest absolute Gasteiger partial charge is 0.468 e. The molecular weight excluding hydrogens is 220 g/mol. The van der Waals surface area contributed by atoms with Crippen molar-refractivity contribution in [3.8, 4) is 0 Å². The smallest absolute Gasteiger partial charge is 0.320 e. The summed E-state index contributed by atoms with van der Waals surface area (Å²) in [6.45, 7) is 0. The van der Waals surface area contributed by atoms with Gasteiger partial charge in [0, 0.05) is 0 Å². The van der Waals surface area contributed by atoms with Gasteiger partial charge in [0.15, 0.2) is 5.92 Å². The maximum Gasteiger partial charge on any atom is 0.320 e. The van der Waals surface area contributed by atoms with Gasteiger partial charge in [-0.15, -0.1) is 0 Å². The Kier molecular flexibility index (Phi) is 3.50. The van der Waals surface area contributed by atoms with Crippen molar-refractivity contribution in [3.63, 3.8) is 0 Å². The zero-order chi connectivity index (χ0) is 12.4. The minimum atomic E-state index is -0.761. The van der Waals surface area contributed by atoms with Gasteiger partial charge in [-0.05, 0) is 37.0 Å². The van der Waals surface area contributed by atoms with Gasteiger partial charge in [0.1, 0.15) is 0 Å². The summed E-state index contributed by atoms with van der Waals surface area (Å²) in [4.78, 5) is 23.1. The molecule has 4 nitrogen and oxygen atoms in total. The van der Waals surface area contributed by atoms with Crippen molar-refractivity contribution in [2.24, 2.45) is 23.7 Å². The van der Waals surface area contributed by atoms with Crippen molar-refractivity contribution >= 4 is 11.9 Å². The number of carbonyl (C=O) groups excluding carboxylic acids is 2. The lowest BCUT2D eigenvalue weighted by atomic mass is 9.85. The van der Waals surface area contributed by atoms with Crippen molar-refractivity contribution in [1.29, 1.82) is 0 Å². The molecule has 1 fully saturated rings. The number of hydrogen-bond acceptors (Lipinski definition) is 4. The van der Waals surface area contributed by atoms with Gasteiger partial charge in [-0.2, -0.15) is 0 Å².